The van der Waals surface area contributed by atoms with Crippen LogP contribution in [-0.2, 0) is 9.53 Å². The van der Waals surface area contributed by atoms with E-state index in [1.807, 2.05) is 12.1 Å². The van der Waals surface area contributed by atoms with Gasteiger partial charge in [-0.15, -0.1) is 0 Å². The zero-order chi connectivity index (χ0) is 14.4. The molecule has 0 amide bonds. The highest BCUT2D eigenvalue weighted by Gasteiger charge is 2.23. The molecule has 0 bridgehead atoms. The molecule has 1 aromatic rings. The van der Waals surface area contributed by atoms with Gasteiger partial charge in [-0.1, -0.05) is 30.3 Å². The van der Waals surface area contributed by atoms with Crippen molar-refractivity contribution < 1.29 is 9.53 Å². The fraction of sp³-hybridized carbons (Fsp3) is 0.412. The molecule has 20 heavy (non-hydrogen) atoms. The third kappa shape index (κ3) is 3.27. The van der Waals surface area contributed by atoms with E-state index in [4.69, 9.17) is 10.00 Å². The van der Waals surface area contributed by atoms with E-state index in [0.29, 0.717) is 12.5 Å². The summed E-state index contributed by atoms with van der Waals surface area (Å²) >= 11 is 0. The predicted octanol–water partition coefficient (Wildman–Crippen LogP) is 3.73. The van der Waals surface area contributed by atoms with Crippen molar-refractivity contribution in [3.63, 3.8) is 0 Å². The first-order chi connectivity index (χ1) is 9.76. The zero-order valence-corrected chi connectivity index (χ0v) is 11.8. The van der Waals surface area contributed by atoms with Crippen LogP contribution < -0.4 is 0 Å². The maximum Gasteiger partial charge on any atom is 0.348 e. The highest BCUT2D eigenvalue weighted by atomic mass is 16.5. The molecule has 0 spiro atoms. The van der Waals surface area contributed by atoms with Crippen molar-refractivity contribution in [3.05, 3.63) is 47.0 Å². The number of carbonyl (C=O) groups is 1. The van der Waals surface area contributed by atoms with Crippen LogP contribution in [0.1, 0.15) is 44.1 Å². The molecule has 0 saturated heterocycles. The summed E-state index contributed by atoms with van der Waals surface area (Å²) in [4.78, 5) is 11.7. The first-order valence-electron chi connectivity index (χ1n) is 7.10. The van der Waals surface area contributed by atoms with E-state index in [1.54, 1.807) is 6.92 Å². The van der Waals surface area contributed by atoms with E-state index in [1.165, 1.54) is 5.56 Å². The molecule has 3 nitrogen and oxygen atoms in total. The molecule has 1 fully saturated rings. The standard InChI is InChI=1S/C17H19NO2/c1-2-20-17(19)16(12-18)15-10-8-14(9-11-15)13-6-4-3-5-7-13/h3-7,14H,2,8-11H2,1H3. The van der Waals surface area contributed by atoms with Crippen LogP contribution in [0.3, 0.4) is 0 Å². The van der Waals surface area contributed by atoms with Gasteiger partial charge in [-0.2, -0.15) is 5.26 Å². The van der Waals surface area contributed by atoms with Crippen molar-refractivity contribution in [2.24, 2.45) is 0 Å². The van der Waals surface area contributed by atoms with Gasteiger partial charge in [-0.3, -0.25) is 0 Å². The van der Waals surface area contributed by atoms with E-state index >= 15 is 0 Å². The van der Waals surface area contributed by atoms with Gasteiger partial charge in [0.25, 0.3) is 0 Å². The van der Waals surface area contributed by atoms with Crippen LogP contribution in [0.5, 0.6) is 0 Å². The average molecular weight is 269 g/mol. The Labute approximate surface area is 119 Å². The Morgan fingerprint density at radius 1 is 1.30 bits per heavy atom. The normalized spacial score (nSPS) is 18.2. The zero-order valence-electron chi connectivity index (χ0n) is 11.8. The van der Waals surface area contributed by atoms with Gasteiger partial charge in [-0.05, 0) is 49.7 Å². The summed E-state index contributed by atoms with van der Waals surface area (Å²) in [6.07, 6.45) is 3.59. The lowest BCUT2D eigenvalue weighted by Crippen LogP contribution is -2.13. The Morgan fingerprint density at radius 2 is 1.95 bits per heavy atom. The summed E-state index contributed by atoms with van der Waals surface area (Å²) < 4.78 is 4.94. The minimum Gasteiger partial charge on any atom is -0.462 e. The lowest BCUT2D eigenvalue weighted by Gasteiger charge is -2.24. The SMILES string of the molecule is CCOC(=O)C(C#N)=C1CCC(c2ccccc2)CC1. The Bertz CT molecular complexity index is 530. The third-order valence-electron chi connectivity index (χ3n) is 3.81. The number of hydrogen-bond acceptors (Lipinski definition) is 3. The van der Waals surface area contributed by atoms with Crippen LogP contribution in [0.25, 0.3) is 0 Å². The molecule has 0 unspecified atom stereocenters. The molecule has 1 aromatic carbocycles. The number of esters is 1. The van der Waals surface area contributed by atoms with Gasteiger partial charge in [0, 0.05) is 0 Å². The van der Waals surface area contributed by atoms with Gasteiger partial charge in [0.1, 0.15) is 11.6 Å². The Morgan fingerprint density at radius 3 is 2.50 bits per heavy atom. The van der Waals surface area contributed by atoms with E-state index in [2.05, 4.69) is 24.3 Å². The van der Waals surface area contributed by atoms with E-state index in [9.17, 15) is 4.79 Å². The first kappa shape index (κ1) is 14.3. The van der Waals surface area contributed by atoms with Crippen LogP contribution in [-0.4, -0.2) is 12.6 Å². The van der Waals surface area contributed by atoms with Crippen LogP contribution in [0.15, 0.2) is 41.5 Å². The number of nitriles is 1. The number of ether oxygens (including phenoxy) is 1. The molecule has 3 heteroatoms. The van der Waals surface area contributed by atoms with Crippen LogP contribution in [0.4, 0.5) is 0 Å². The fourth-order valence-corrected chi connectivity index (χ4v) is 2.75. The second-order valence-electron chi connectivity index (χ2n) is 5.00. The number of hydrogen-bond donors (Lipinski definition) is 0. The maximum atomic E-state index is 11.7. The Kier molecular flexibility index (Phi) is 4.95. The van der Waals surface area contributed by atoms with Crippen LogP contribution >= 0.6 is 0 Å². The average Bonchev–Trinajstić information content (AvgIpc) is 2.50. The van der Waals surface area contributed by atoms with Crippen molar-refractivity contribution in [2.45, 2.75) is 38.5 Å². The quantitative estimate of drug-likeness (QED) is 0.477. The summed E-state index contributed by atoms with van der Waals surface area (Å²) in [7, 11) is 0. The van der Waals surface area contributed by atoms with Crippen LogP contribution in [0, 0.1) is 11.3 Å². The molecule has 1 saturated carbocycles. The van der Waals surface area contributed by atoms with Gasteiger partial charge in [-0.25, -0.2) is 4.79 Å². The smallest absolute Gasteiger partial charge is 0.348 e. The summed E-state index contributed by atoms with van der Waals surface area (Å²) in [6.45, 7) is 2.06. The molecule has 2 rings (SSSR count). The number of rotatable bonds is 3. The highest BCUT2D eigenvalue weighted by molar-refractivity contribution is 5.93. The molecule has 0 radical (unpaired) electrons. The van der Waals surface area contributed by atoms with Gasteiger partial charge in [0.05, 0.1) is 6.61 Å². The minimum atomic E-state index is -0.469. The molecule has 0 aliphatic heterocycles. The molecule has 0 heterocycles. The molecular weight excluding hydrogens is 250 g/mol. The number of benzene rings is 1. The second-order valence-corrected chi connectivity index (χ2v) is 5.00. The monoisotopic (exact) mass is 269 g/mol. The van der Waals surface area contributed by atoms with Crippen molar-refractivity contribution in [1.29, 1.82) is 5.26 Å². The lowest BCUT2D eigenvalue weighted by molar-refractivity contribution is -0.138. The largest absolute Gasteiger partial charge is 0.462 e. The summed E-state index contributed by atoms with van der Waals surface area (Å²) in [6, 6.07) is 12.4. The van der Waals surface area contributed by atoms with Gasteiger partial charge >= 0.3 is 5.97 Å². The molecular formula is C17H19NO2. The minimum absolute atomic E-state index is 0.221. The molecule has 1 aliphatic carbocycles. The molecule has 104 valence electrons. The van der Waals surface area contributed by atoms with E-state index in [-0.39, 0.29) is 5.57 Å². The van der Waals surface area contributed by atoms with Crippen molar-refractivity contribution >= 4 is 5.97 Å². The molecule has 0 N–H and O–H groups in total. The van der Waals surface area contributed by atoms with Crippen molar-refractivity contribution in [3.8, 4) is 6.07 Å². The van der Waals surface area contributed by atoms with Gasteiger partial charge in [0.15, 0.2) is 0 Å². The van der Waals surface area contributed by atoms with Crippen molar-refractivity contribution in [1.82, 2.24) is 0 Å². The summed E-state index contributed by atoms with van der Waals surface area (Å²) in [5, 5.41) is 9.15. The topological polar surface area (TPSA) is 50.1 Å². The third-order valence-corrected chi connectivity index (χ3v) is 3.81. The van der Waals surface area contributed by atoms with Gasteiger partial charge in [0.2, 0.25) is 0 Å². The summed E-state index contributed by atoms with van der Waals surface area (Å²) in [5.41, 5.74) is 2.53. The van der Waals surface area contributed by atoms with E-state index in [0.717, 1.165) is 31.3 Å². The Balaban J connectivity index is 2.06. The predicted molar refractivity (Wildman–Crippen MR) is 76.9 cm³/mol. The van der Waals surface area contributed by atoms with E-state index < -0.39 is 5.97 Å². The second kappa shape index (κ2) is 6.91. The van der Waals surface area contributed by atoms with Crippen molar-refractivity contribution in [2.75, 3.05) is 6.61 Å². The number of allylic oxidation sites excluding steroid dienone is 1. The number of nitrogens with zero attached hydrogens (tertiary/aromatic N) is 1. The highest BCUT2D eigenvalue weighted by Crippen LogP contribution is 2.36. The summed E-state index contributed by atoms with van der Waals surface area (Å²) in [5.74, 6) is 0.0604. The number of carbonyl (C=O) groups excluding carboxylic acids is 1. The maximum absolute atomic E-state index is 11.7. The molecule has 0 atom stereocenters. The van der Waals surface area contributed by atoms with Crippen LogP contribution in [0.2, 0.25) is 0 Å². The molecule has 0 aromatic heterocycles. The first-order valence-corrected chi connectivity index (χ1v) is 7.10. The fourth-order valence-electron chi connectivity index (χ4n) is 2.75. The lowest BCUT2D eigenvalue weighted by atomic mass is 9.80. The Hall–Kier alpha value is -2.08. The molecule has 1 aliphatic rings. The van der Waals surface area contributed by atoms with Gasteiger partial charge < -0.3 is 4.74 Å².